The Morgan fingerprint density at radius 3 is 2.67 bits per heavy atom. The van der Waals surface area contributed by atoms with Crippen LogP contribution in [0.1, 0.15) is 36.6 Å². The highest BCUT2D eigenvalue weighted by atomic mass is 35.5. The van der Waals surface area contributed by atoms with Crippen molar-refractivity contribution in [3.63, 3.8) is 0 Å². The van der Waals surface area contributed by atoms with Crippen molar-refractivity contribution in [1.82, 2.24) is 14.5 Å². The number of carbonyl (C=O) groups is 1. The van der Waals surface area contributed by atoms with Crippen LogP contribution < -0.4 is 16.0 Å². The fraction of sp³-hybridized carbons (Fsp3) is 0.333. The minimum absolute atomic E-state index is 0.0300. The second-order valence-corrected chi connectivity index (χ2v) is 6.37. The summed E-state index contributed by atoms with van der Waals surface area (Å²) in [5.41, 5.74) is 13.3. The minimum atomic E-state index is -0.696. The maximum absolute atomic E-state index is 12.5. The number of aryl methyl sites for hydroxylation is 2. The SMILES string of the molecule is CCC[n+]1c(COC(=O)c2nc(Cl)c(N)nc2N)n(CC)c2ccccc21. The van der Waals surface area contributed by atoms with Crippen LogP contribution in [0.5, 0.6) is 0 Å². The molecule has 0 aliphatic carbocycles. The van der Waals surface area contributed by atoms with Crippen molar-refractivity contribution in [1.29, 1.82) is 0 Å². The number of hydrogen-bond donors (Lipinski definition) is 2. The number of ether oxygens (including phenoxy) is 1. The lowest BCUT2D eigenvalue weighted by molar-refractivity contribution is -0.681. The highest BCUT2D eigenvalue weighted by molar-refractivity contribution is 6.31. The second-order valence-electron chi connectivity index (χ2n) is 6.01. The molecule has 0 unspecified atom stereocenters. The summed E-state index contributed by atoms with van der Waals surface area (Å²) in [5, 5.41) is -0.0835. The number of carbonyl (C=O) groups excluding carboxylic acids is 1. The molecule has 2 aromatic heterocycles. The molecule has 142 valence electrons. The molecule has 3 rings (SSSR count). The number of esters is 1. The number of halogens is 1. The first-order valence-electron chi connectivity index (χ1n) is 8.73. The molecular weight excluding hydrogens is 368 g/mol. The lowest BCUT2D eigenvalue weighted by atomic mass is 10.3. The van der Waals surface area contributed by atoms with E-state index < -0.39 is 5.97 Å². The highest BCUT2D eigenvalue weighted by Gasteiger charge is 2.26. The zero-order valence-corrected chi connectivity index (χ0v) is 16.0. The maximum atomic E-state index is 12.5. The summed E-state index contributed by atoms with van der Waals surface area (Å²) in [6.45, 7) is 5.80. The Balaban J connectivity index is 1.94. The van der Waals surface area contributed by atoms with E-state index in [2.05, 4.69) is 45.1 Å². The van der Waals surface area contributed by atoms with E-state index in [4.69, 9.17) is 27.8 Å². The summed E-state index contributed by atoms with van der Waals surface area (Å²) < 4.78 is 9.78. The fourth-order valence-electron chi connectivity index (χ4n) is 3.12. The number of aromatic nitrogens is 4. The second kappa shape index (κ2) is 7.79. The average Bonchev–Trinajstić information content (AvgIpc) is 2.96. The van der Waals surface area contributed by atoms with Gasteiger partial charge in [-0.3, -0.25) is 0 Å². The number of fused-ring (bicyclic) bond motifs is 1. The lowest BCUT2D eigenvalue weighted by Gasteiger charge is -2.07. The summed E-state index contributed by atoms with van der Waals surface area (Å²) >= 11 is 5.84. The number of nitrogens with two attached hydrogens (primary N) is 2. The monoisotopic (exact) mass is 389 g/mol. The van der Waals surface area contributed by atoms with Crippen LogP contribution in [0, 0.1) is 0 Å². The van der Waals surface area contributed by atoms with Crippen molar-refractivity contribution < 1.29 is 14.1 Å². The van der Waals surface area contributed by atoms with Gasteiger partial charge in [0, 0.05) is 0 Å². The van der Waals surface area contributed by atoms with E-state index >= 15 is 0 Å². The van der Waals surface area contributed by atoms with Gasteiger partial charge in [0.2, 0.25) is 0 Å². The van der Waals surface area contributed by atoms with Gasteiger partial charge in [-0.2, -0.15) is 0 Å². The van der Waals surface area contributed by atoms with Crippen LogP contribution in [-0.4, -0.2) is 20.5 Å². The van der Waals surface area contributed by atoms with Crippen LogP contribution in [0.2, 0.25) is 5.15 Å². The molecule has 0 bridgehead atoms. The van der Waals surface area contributed by atoms with Gasteiger partial charge in [-0.15, -0.1) is 0 Å². The Morgan fingerprint density at radius 2 is 1.96 bits per heavy atom. The first-order valence-corrected chi connectivity index (χ1v) is 9.11. The molecule has 0 aliphatic rings. The van der Waals surface area contributed by atoms with Crippen molar-refractivity contribution >= 4 is 40.2 Å². The summed E-state index contributed by atoms with van der Waals surface area (Å²) in [6.07, 6.45) is 0.954. The first kappa shape index (κ1) is 18.9. The average molecular weight is 390 g/mol. The molecule has 9 heteroatoms. The summed E-state index contributed by atoms with van der Waals surface area (Å²) in [6, 6.07) is 8.11. The molecule has 2 heterocycles. The van der Waals surface area contributed by atoms with Crippen molar-refractivity contribution in [2.24, 2.45) is 0 Å². The molecule has 0 saturated carbocycles. The lowest BCUT2D eigenvalue weighted by Crippen LogP contribution is -2.38. The van der Waals surface area contributed by atoms with E-state index in [9.17, 15) is 4.79 Å². The number of para-hydroxylation sites is 2. The molecule has 1 aromatic carbocycles. The van der Waals surface area contributed by atoms with Gasteiger partial charge in [-0.05, 0) is 25.5 Å². The van der Waals surface area contributed by atoms with E-state index in [1.807, 2.05) is 12.1 Å². The highest BCUT2D eigenvalue weighted by Crippen LogP contribution is 2.19. The van der Waals surface area contributed by atoms with Gasteiger partial charge in [-0.1, -0.05) is 30.7 Å². The Bertz CT molecular complexity index is 1000. The first-order chi connectivity index (χ1) is 13.0. The minimum Gasteiger partial charge on any atom is -0.448 e. The molecule has 0 amide bonds. The molecule has 0 saturated heterocycles. The molecule has 8 nitrogen and oxygen atoms in total. The topological polar surface area (TPSA) is 113 Å². The number of benzene rings is 1. The van der Waals surface area contributed by atoms with Crippen LogP contribution in [-0.2, 0) is 24.4 Å². The Hall–Kier alpha value is -2.87. The maximum Gasteiger partial charge on any atom is 0.361 e. The van der Waals surface area contributed by atoms with Gasteiger partial charge < -0.3 is 16.2 Å². The van der Waals surface area contributed by atoms with Gasteiger partial charge in [0.15, 0.2) is 40.1 Å². The van der Waals surface area contributed by atoms with Gasteiger partial charge in [0.1, 0.15) is 0 Å². The number of nitrogen functional groups attached to an aromatic ring is 2. The van der Waals surface area contributed by atoms with Crippen molar-refractivity contribution in [3.8, 4) is 0 Å². The largest absolute Gasteiger partial charge is 0.448 e. The summed E-state index contributed by atoms with van der Waals surface area (Å²) in [4.78, 5) is 20.2. The van der Waals surface area contributed by atoms with Gasteiger partial charge in [-0.25, -0.2) is 23.9 Å². The Kier molecular flexibility index (Phi) is 5.46. The normalized spacial score (nSPS) is 11.1. The van der Waals surface area contributed by atoms with Gasteiger partial charge in [0.05, 0.1) is 13.1 Å². The van der Waals surface area contributed by atoms with E-state index in [0.29, 0.717) is 0 Å². The van der Waals surface area contributed by atoms with E-state index in [1.165, 1.54) is 0 Å². The Labute approximate surface area is 161 Å². The van der Waals surface area contributed by atoms with Crippen LogP contribution in [0.4, 0.5) is 11.6 Å². The summed E-state index contributed by atoms with van der Waals surface area (Å²) in [7, 11) is 0. The molecule has 0 radical (unpaired) electrons. The third-order valence-electron chi connectivity index (χ3n) is 4.28. The number of nitrogens with zero attached hydrogens (tertiary/aromatic N) is 4. The van der Waals surface area contributed by atoms with Crippen LogP contribution >= 0.6 is 11.6 Å². The third kappa shape index (κ3) is 3.52. The Morgan fingerprint density at radius 1 is 1.22 bits per heavy atom. The van der Waals surface area contributed by atoms with Crippen molar-refractivity contribution in [2.45, 2.75) is 40.0 Å². The van der Waals surface area contributed by atoms with Crippen molar-refractivity contribution in [2.75, 3.05) is 11.5 Å². The van der Waals surface area contributed by atoms with Crippen LogP contribution in [0.15, 0.2) is 24.3 Å². The molecule has 0 aliphatic heterocycles. The molecule has 0 fully saturated rings. The molecule has 4 N–H and O–H groups in total. The quantitative estimate of drug-likeness (QED) is 0.494. The van der Waals surface area contributed by atoms with E-state index in [-0.39, 0.29) is 29.1 Å². The van der Waals surface area contributed by atoms with Crippen LogP contribution in [0.25, 0.3) is 11.0 Å². The molecule has 0 atom stereocenters. The zero-order chi connectivity index (χ0) is 19.6. The molecule has 0 spiro atoms. The van der Waals surface area contributed by atoms with Gasteiger partial charge >= 0.3 is 5.97 Å². The smallest absolute Gasteiger partial charge is 0.361 e. The third-order valence-corrected chi connectivity index (χ3v) is 4.56. The van der Waals surface area contributed by atoms with E-state index in [0.717, 1.165) is 36.4 Å². The standard InChI is InChI=1S/C18H21ClN6O2/c1-3-9-25-12-8-6-5-7-11(12)24(4-2)13(25)10-27-18(26)14-16(20)23-17(21)15(19)22-14/h5-8H,3-4,9-10H2,1-2H3,(H3-,20,21,23,26)/p+1. The predicted octanol–water partition coefficient (Wildman–Crippen LogP) is 2.32. The molecular formula is C18H22ClN6O2+. The summed E-state index contributed by atoms with van der Waals surface area (Å²) in [5.74, 6) is 0.0526. The van der Waals surface area contributed by atoms with Gasteiger partial charge in [0.25, 0.3) is 5.82 Å². The number of imidazole rings is 1. The predicted molar refractivity (Wildman–Crippen MR) is 103 cm³/mol. The number of anilines is 2. The number of rotatable bonds is 6. The zero-order valence-electron chi connectivity index (χ0n) is 15.3. The number of hydrogen-bond acceptors (Lipinski definition) is 6. The van der Waals surface area contributed by atoms with E-state index in [1.54, 1.807) is 0 Å². The molecule has 3 aromatic rings. The molecule has 27 heavy (non-hydrogen) atoms. The fourth-order valence-corrected chi connectivity index (χ4v) is 3.24. The van der Waals surface area contributed by atoms with Crippen LogP contribution in [0.3, 0.4) is 0 Å². The van der Waals surface area contributed by atoms with Crippen molar-refractivity contribution in [3.05, 3.63) is 40.9 Å².